The molecule has 0 radical (unpaired) electrons. The number of nitrogens with zero attached hydrogens (tertiary/aromatic N) is 1. The Kier molecular flexibility index (Phi) is 9.36. The van der Waals surface area contributed by atoms with Gasteiger partial charge in [0.2, 0.25) is 0 Å². The molecule has 250 valence electrons. The number of ether oxygens (including phenoxy) is 1. The van der Waals surface area contributed by atoms with Crippen LogP contribution in [0.15, 0.2) is 89.3 Å². The summed E-state index contributed by atoms with van der Waals surface area (Å²) in [7, 11) is 0. The van der Waals surface area contributed by atoms with Crippen molar-refractivity contribution >= 4 is 46.4 Å². The van der Waals surface area contributed by atoms with Crippen molar-refractivity contribution < 1.29 is 19.1 Å². The van der Waals surface area contributed by atoms with Crippen molar-refractivity contribution in [1.82, 2.24) is 4.90 Å². The third-order valence-corrected chi connectivity index (χ3v) is 10.2. The van der Waals surface area contributed by atoms with E-state index < -0.39 is 5.92 Å². The molecular weight excluding hydrogens is 643 g/mol. The van der Waals surface area contributed by atoms with Gasteiger partial charge in [0.1, 0.15) is 5.75 Å². The molecule has 3 aliphatic rings. The first-order valence-corrected chi connectivity index (χ1v) is 17.3. The Balaban J connectivity index is 1.43. The number of halogens is 2. The minimum Gasteiger partial charge on any atom is -0.483 e. The molecule has 1 amide bonds. The number of ketones is 2. The van der Waals surface area contributed by atoms with Gasteiger partial charge < -0.3 is 15.0 Å². The molecule has 1 heterocycles. The highest BCUT2D eigenvalue weighted by atomic mass is 35.5. The Hall–Kier alpha value is -3.87. The summed E-state index contributed by atoms with van der Waals surface area (Å²) in [5.74, 6) is -0.548. The first kappa shape index (κ1) is 34.0. The second kappa shape index (κ2) is 13.2. The summed E-state index contributed by atoms with van der Waals surface area (Å²) in [5.41, 5.74) is 6.02. The van der Waals surface area contributed by atoms with Crippen LogP contribution < -0.4 is 10.1 Å². The Morgan fingerprint density at radius 1 is 0.854 bits per heavy atom. The number of carbonyl (C=O) groups excluding carboxylic acids is 3. The van der Waals surface area contributed by atoms with Crippen molar-refractivity contribution in [2.45, 2.75) is 72.6 Å². The van der Waals surface area contributed by atoms with Crippen LogP contribution in [0.4, 0.5) is 5.69 Å². The van der Waals surface area contributed by atoms with Crippen LogP contribution in [-0.4, -0.2) is 35.5 Å². The Labute approximate surface area is 293 Å². The highest BCUT2D eigenvalue weighted by Gasteiger charge is 2.49. The van der Waals surface area contributed by atoms with Gasteiger partial charge in [-0.25, -0.2) is 0 Å². The Morgan fingerprint density at radius 2 is 1.48 bits per heavy atom. The molecule has 0 saturated heterocycles. The summed E-state index contributed by atoms with van der Waals surface area (Å²) >= 11 is 12.9. The van der Waals surface area contributed by atoms with Gasteiger partial charge in [-0.2, -0.15) is 0 Å². The quantitative estimate of drug-likeness (QED) is 0.256. The fourth-order valence-corrected chi connectivity index (χ4v) is 7.76. The predicted molar refractivity (Wildman–Crippen MR) is 191 cm³/mol. The van der Waals surface area contributed by atoms with Crippen molar-refractivity contribution in [2.75, 3.05) is 18.5 Å². The van der Waals surface area contributed by atoms with Gasteiger partial charge in [-0.15, -0.1) is 0 Å². The van der Waals surface area contributed by atoms with E-state index in [-0.39, 0.29) is 34.9 Å². The molecule has 6 nitrogen and oxygen atoms in total. The molecule has 0 spiro atoms. The summed E-state index contributed by atoms with van der Waals surface area (Å²) in [6, 6.07) is 20.8. The van der Waals surface area contributed by atoms with Gasteiger partial charge in [0.05, 0.1) is 0 Å². The van der Waals surface area contributed by atoms with E-state index in [1.165, 1.54) is 5.56 Å². The molecule has 0 fully saturated rings. The largest absolute Gasteiger partial charge is 0.483 e. The zero-order valence-corrected chi connectivity index (χ0v) is 29.7. The van der Waals surface area contributed by atoms with Crippen LogP contribution in [0.5, 0.6) is 5.75 Å². The first-order chi connectivity index (χ1) is 22.7. The molecule has 1 aliphatic heterocycles. The summed E-state index contributed by atoms with van der Waals surface area (Å²) in [5, 5.41) is 3.85. The molecule has 6 rings (SSSR count). The number of amides is 1. The minimum absolute atomic E-state index is 0.0278. The van der Waals surface area contributed by atoms with Crippen LogP contribution in [0.25, 0.3) is 0 Å². The van der Waals surface area contributed by atoms with Crippen LogP contribution in [0.2, 0.25) is 10.0 Å². The first-order valence-electron chi connectivity index (χ1n) is 16.5. The summed E-state index contributed by atoms with van der Waals surface area (Å²) < 4.78 is 6.19. The summed E-state index contributed by atoms with van der Waals surface area (Å²) in [6.45, 7) is 10.8. The normalized spacial score (nSPS) is 18.9. The molecule has 48 heavy (non-hydrogen) atoms. The number of anilines is 1. The number of allylic oxidation sites excluding steroid dienone is 4. The van der Waals surface area contributed by atoms with Gasteiger partial charge in [-0.05, 0) is 78.5 Å². The van der Waals surface area contributed by atoms with Crippen LogP contribution in [0.3, 0.4) is 0 Å². The molecule has 2 aliphatic carbocycles. The van der Waals surface area contributed by atoms with Crippen molar-refractivity contribution in [1.29, 1.82) is 0 Å². The van der Waals surface area contributed by atoms with Crippen LogP contribution in [0, 0.1) is 17.8 Å². The second-order valence-corrected chi connectivity index (χ2v) is 15.7. The second-order valence-electron chi connectivity index (χ2n) is 14.9. The van der Waals surface area contributed by atoms with Gasteiger partial charge in [0.15, 0.2) is 18.2 Å². The monoisotopic (exact) mass is 684 g/mol. The summed E-state index contributed by atoms with van der Waals surface area (Å²) in [6.07, 6.45) is 2.91. The van der Waals surface area contributed by atoms with Crippen molar-refractivity contribution in [3.8, 4) is 5.75 Å². The highest BCUT2D eigenvalue weighted by Crippen LogP contribution is 2.55. The average molecular weight is 686 g/mol. The zero-order valence-electron chi connectivity index (χ0n) is 28.2. The lowest BCUT2D eigenvalue weighted by Gasteiger charge is -2.49. The van der Waals surface area contributed by atoms with E-state index in [4.69, 9.17) is 27.9 Å². The third-order valence-electron chi connectivity index (χ3n) is 9.59. The molecule has 8 heteroatoms. The SMILES string of the molecule is Cc1ccc(NC(=O)COc2ccc(Cl)cc2C2C3=C(CC(C)(C)CC3=O)N(CCc3ccccc3)C3=C2C(=O)CC(C)(C)C3)cc1Cl. The topological polar surface area (TPSA) is 75.7 Å². The van der Waals surface area contributed by atoms with Gasteiger partial charge in [0, 0.05) is 69.1 Å². The lowest BCUT2D eigenvalue weighted by molar-refractivity contribution is -0.120. The average Bonchev–Trinajstić information content (AvgIpc) is 3.00. The number of rotatable bonds is 8. The fourth-order valence-electron chi connectivity index (χ4n) is 7.40. The maximum absolute atomic E-state index is 14.3. The van der Waals surface area contributed by atoms with Gasteiger partial charge >= 0.3 is 0 Å². The minimum atomic E-state index is -0.650. The Morgan fingerprint density at radius 3 is 2.08 bits per heavy atom. The van der Waals surface area contributed by atoms with Crippen LogP contribution in [0.1, 0.15) is 76.0 Å². The lowest BCUT2D eigenvalue weighted by Crippen LogP contribution is -2.45. The van der Waals surface area contributed by atoms with Crippen molar-refractivity contribution in [2.24, 2.45) is 10.8 Å². The number of hydrogen-bond donors (Lipinski definition) is 1. The van der Waals surface area contributed by atoms with Crippen molar-refractivity contribution in [3.63, 3.8) is 0 Å². The predicted octanol–water partition coefficient (Wildman–Crippen LogP) is 9.25. The van der Waals surface area contributed by atoms with Crippen LogP contribution >= 0.6 is 23.2 Å². The highest BCUT2D eigenvalue weighted by molar-refractivity contribution is 6.31. The van der Waals surface area contributed by atoms with E-state index in [1.54, 1.807) is 30.3 Å². The molecular formula is C40H42Cl2N2O4. The number of aryl methyl sites for hydroxylation is 1. The smallest absolute Gasteiger partial charge is 0.262 e. The van der Waals surface area contributed by atoms with E-state index >= 15 is 0 Å². The molecule has 0 bridgehead atoms. The molecule has 3 aromatic carbocycles. The van der Waals surface area contributed by atoms with E-state index in [0.717, 1.165) is 23.4 Å². The van der Waals surface area contributed by atoms with E-state index in [2.05, 4.69) is 50.0 Å². The van der Waals surface area contributed by atoms with Crippen molar-refractivity contribution in [3.05, 3.63) is 116 Å². The molecule has 0 saturated carbocycles. The molecule has 0 aromatic heterocycles. The molecule has 0 unspecified atom stereocenters. The number of benzene rings is 3. The van der Waals surface area contributed by atoms with E-state index in [1.807, 2.05) is 31.2 Å². The third kappa shape index (κ3) is 7.11. The molecule has 3 aromatic rings. The number of Topliss-reactive ketones (excluding diaryl/α,β-unsaturated/α-hetero) is 2. The van der Waals surface area contributed by atoms with E-state index in [0.29, 0.717) is 70.4 Å². The Bertz CT molecular complexity index is 1800. The van der Waals surface area contributed by atoms with Gasteiger partial charge in [0.25, 0.3) is 5.91 Å². The molecule has 1 N–H and O–H groups in total. The van der Waals surface area contributed by atoms with Gasteiger partial charge in [-0.3, -0.25) is 14.4 Å². The standard InChI is InChI=1S/C40H42Cl2N2O4/c1-24-11-13-27(18-29(24)42)43-35(47)23-48-34-14-12-26(41)17-28(34)36-37-30(19-39(2,3)21-32(37)45)44(16-15-25-9-7-6-8-10-25)31-20-40(4,5)22-33(46)38(31)36/h6-14,17-18,36H,15-16,19-23H2,1-5H3,(H,43,47). The summed E-state index contributed by atoms with van der Waals surface area (Å²) in [4.78, 5) is 43.9. The van der Waals surface area contributed by atoms with Gasteiger partial charge in [-0.1, -0.05) is 87.3 Å². The maximum Gasteiger partial charge on any atom is 0.262 e. The number of hydrogen-bond acceptors (Lipinski definition) is 5. The van der Waals surface area contributed by atoms with E-state index in [9.17, 15) is 14.4 Å². The fraction of sp³-hybridized carbons (Fsp3) is 0.375. The van der Waals surface area contributed by atoms with Crippen LogP contribution in [-0.2, 0) is 20.8 Å². The zero-order chi connectivity index (χ0) is 34.4. The lowest BCUT2D eigenvalue weighted by atomic mass is 9.63. The number of nitrogens with one attached hydrogen (secondary N) is 1. The maximum atomic E-state index is 14.3. The molecule has 0 atom stereocenters. The number of carbonyl (C=O) groups is 3.